The first-order chi connectivity index (χ1) is 5.71. The molecule has 0 saturated heterocycles. The van der Waals surface area contributed by atoms with Crippen molar-refractivity contribution in [3.8, 4) is 0 Å². The summed E-state index contributed by atoms with van der Waals surface area (Å²) in [6.45, 7) is 10.9. The lowest BCUT2D eigenvalue weighted by molar-refractivity contribution is 0.567. The van der Waals surface area contributed by atoms with E-state index in [9.17, 15) is 0 Å². The smallest absolute Gasteiger partial charge is 0.0678 e. The molecule has 0 spiro atoms. The number of aromatic amines is 1. The molecule has 1 aromatic rings. The summed E-state index contributed by atoms with van der Waals surface area (Å²) in [7, 11) is 0. The van der Waals surface area contributed by atoms with Crippen LogP contribution in [0.1, 0.15) is 46.0 Å². The zero-order chi connectivity index (χ0) is 10.3. The molecule has 1 heterocycles. The predicted molar refractivity (Wildman–Crippen MR) is 64.3 cm³/mol. The van der Waals surface area contributed by atoms with Gasteiger partial charge in [-0.3, -0.25) is 5.10 Å². The highest BCUT2D eigenvalue weighted by Gasteiger charge is 2.23. The van der Waals surface area contributed by atoms with Crippen molar-refractivity contribution in [3.63, 3.8) is 0 Å². The zero-order valence-electron chi connectivity index (χ0n) is 8.90. The molecule has 0 saturated carbocycles. The Morgan fingerprint density at radius 3 is 2.00 bits per heavy atom. The van der Waals surface area contributed by atoms with Gasteiger partial charge in [-0.15, -0.1) is 0 Å². The number of nitrogens with one attached hydrogen (secondary N) is 1. The number of nitrogens with zero attached hydrogens (tertiary/aromatic N) is 1. The van der Waals surface area contributed by atoms with Crippen LogP contribution < -0.4 is 0 Å². The van der Waals surface area contributed by atoms with Gasteiger partial charge in [-0.2, -0.15) is 5.10 Å². The summed E-state index contributed by atoms with van der Waals surface area (Å²) in [5.74, 6) is 0. The summed E-state index contributed by atoms with van der Waals surface area (Å²) < 4.78 is 0.133. The largest absolute Gasteiger partial charge is 0.281 e. The SMILES string of the molecule is CC(C)(C)c1cc(C(C)(C)I)[nH]n1. The second kappa shape index (κ2) is 3.26. The van der Waals surface area contributed by atoms with Gasteiger partial charge in [0.25, 0.3) is 0 Å². The molecule has 74 valence electrons. The molecule has 0 radical (unpaired) electrons. The Morgan fingerprint density at radius 1 is 1.23 bits per heavy atom. The fourth-order valence-corrected chi connectivity index (χ4v) is 1.29. The highest BCUT2D eigenvalue weighted by atomic mass is 127. The molecule has 1 N–H and O–H groups in total. The fraction of sp³-hybridized carbons (Fsp3) is 0.700. The molecule has 0 amide bonds. The van der Waals surface area contributed by atoms with Gasteiger partial charge in [0.1, 0.15) is 0 Å². The van der Waals surface area contributed by atoms with E-state index in [2.05, 4.69) is 73.5 Å². The summed E-state index contributed by atoms with van der Waals surface area (Å²) in [4.78, 5) is 0. The lowest BCUT2D eigenvalue weighted by Crippen LogP contribution is -2.11. The normalized spacial score (nSPS) is 13.4. The van der Waals surface area contributed by atoms with Gasteiger partial charge in [0.05, 0.1) is 14.8 Å². The van der Waals surface area contributed by atoms with Crippen LogP contribution in [0.2, 0.25) is 0 Å². The Labute approximate surface area is 93.6 Å². The van der Waals surface area contributed by atoms with Gasteiger partial charge in [0.2, 0.25) is 0 Å². The molecule has 0 aliphatic heterocycles. The molecule has 0 unspecified atom stereocenters. The van der Waals surface area contributed by atoms with Gasteiger partial charge in [-0.1, -0.05) is 43.4 Å². The van der Waals surface area contributed by atoms with Gasteiger partial charge >= 0.3 is 0 Å². The molecular weight excluding hydrogens is 275 g/mol. The minimum Gasteiger partial charge on any atom is -0.281 e. The van der Waals surface area contributed by atoms with Gasteiger partial charge in [-0.25, -0.2) is 0 Å². The number of rotatable bonds is 1. The highest BCUT2D eigenvalue weighted by Crippen LogP contribution is 2.31. The number of aromatic nitrogens is 2. The Hall–Kier alpha value is -0.0600. The number of hydrogen-bond donors (Lipinski definition) is 1. The van der Waals surface area contributed by atoms with Crippen molar-refractivity contribution < 1.29 is 0 Å². The molecule has 2 nitrogen and oxygen atoms in total. The minimum atomic E-state index is 0.133. The van der Waals surface area contributed by atoms with Gasteiger partial charge in [-0.05, 0) is 19.9 Å². The highest BCUT2D eigenvalue weighted by molar-refractivity contribution is 14.1. The average molecular weight is 292 g/mol. The van der Waals surface area contributed by atoms with Crippen molar-refractivity contribution in [2.24, 2.45) is 0 Å². The van der Waals surface area contributed by atoms with E-state index in [-0.39, 0.29) is 8.84 Å². The minimum absolute atomic E-state index is 0.133. The maximum Gasteiger partial charge on any atom is 0.0678 e. The molecule has 0 aliphatic rings. The van der Waals surface area contributed by atoms with Crippen LogP contribution >= 0.6 is 22.6 Å². The van der Waals surface area contributed by atoms with Crippen LogP contribution in [-0.2, 0) is 8.84 Å². The van der Waals surface area contributed by atoms with Crippen LogP contribution in [0.25, 0.3) is 0 Å². The summed E-state index contributed by atoms with van der Waals surface area (Å²) in [5.41, 5.74) is 2.46. The molecular formula is C10H17IN2. The molecule has 0 bridgehead atoms. The van der Waals surface area contributed by atoms with E-state index in [0.717, 1.165) is 5.69 Å². The topological polar surface area (TPSA) is 28.7 Å². The first kappa shape index (κ1) is 11.0. The van der Waals surface area contributed by atoms with Crippen LogP contribution in [0, 0.1) is 0 Å². The summed E-state index contributed by atoms with van der Waals surface area (Å²) in [5, 5.41) is 7.42. The maximum absolute atomic E-state index is 4.32. The monoisotopic (exact) mass is 292 g/mol. The van der Waals surface area contributed by atoms with E-state index in [0.29, 0.717) is 0 Å². The van der Waals surface area contributed by atoms with Crippen molar-refractivity contribution >= 4 is 22.6 Å². The van der Waals surface area contributed by atoms with Gasteiger partial charge in [0.15, 0.2) is 0 Å². The molecule has 1 rings (SSSR count). The maximum atomic E-state index is 4.32. The molecule has 13 heavy (non-hydrogen) atoms. The third kappa shape index (κ3) is 2.69. The molecule has 3 heteroatoms. The average Bonchev–Trinajstić information content (AvgIpc) is 2.28. The molecule has 0 fully saturated rings. The number of halogens is 1. The van der Waals surface area contributed by atoms with E-state index in [4.69, 9.17) is 0 Å². The van der Waals surface area contributed by atoms with E-state index < -0.39 is 0 Å². The Balaban J connectivity index is 3.01. The lowest BCUT2D eigenvalue weighted by Gasteiger charge is -2.15. The molecule has 0 aromatic carbocycles. The quantitative estimate of drug-likeness (QED) is 0.624. The van der Waals surface area contributed by atoms with Gasteiger partial charge in [0, 0.05) is 5.41 Å². The van der Waals surface area contributed by atoms with Crippen LogP contribution in [-0.4, -0.2) is 10.2 Å². The van der Waals surface area contributed by atoms with Crippen molar-refractivity contribution in [3.05, 3.63) is 17.5 Å². The number of hydrogen-bond acceptors (Lipinski definition) is 1. The Kier molecular flexibility index (Phi) is 2.76. The third-order valence-corrected chi connectivity index (χ3v) is 2.57. The van der Waals surface area contributed by atoms with E-state index in [1.165, 1.54) is 5.69 Å². The molecule has 0 atom stereocenters. The van der Waals surface area contributed by atoms with Crippen LogP contribution in [0.15, 0.2) is 6.07 Å². The lowest BCUT2D eigenvalue weighted by atomic mass is 9.92. The first-order valence-corrected chi connectivity index (χ1v) is 5.54. The molecule has 1 aromatic heterocycles. The Morgan fingerprint density at radius 2 is 1.77 bits per heavy atom. The van der Waals surface area contributed by atoms with Crippen LogP contribution in [0.5, 0.6) is 0 Å². The summed E-state index contributed by atoms with van der Waals surface area (Å²) in [6.07, 6.45) is 0. The second-order valence-electron chi connectivity index (χ2n) is 4.89. The van der Waals surface area contributed by atoms with Crippen molar-refractivity contribution in [2.75, 3.05) is 0 Å². The predicted octanol–water partition coefficient (Wildman–Crippen LogP) is 3.38. The number of alkyl halides is 1. The third-order valence-electron chi connectivity index (χ3n) is 1.99. The molecule has 0 aliphatic carbocycles. The van der Waals surface area contributed by atoms with Gasteiger partial charge < -0.3 is 0 Å². The van der Waals surface area contributed by atoms with Crippen molar-refractivity contribution in [1.29, 1.82) is 0 Å². The van der Waals surface area contributed by atoms with E-state index in [1.54, 1.807) is 0 Å². The number of H-pyrrole nitrogens is 1. The summed E-state index contributed by atoms with van der Waals surface area (Å²) in [6, 6.07) is 2.16. The van der Waals surface area contributed by atoms with E-state index >= 15 is 0 Å². The van der Waals surface area contributed by atoms with Crippen LogP contribution in [0.4, 0.5) is 0 Å². The second-order valence-corrected chi connectivity index (χ2v) is 7.59. The Bertz CT molecular complexity index is 260. The van der Waals surface area contributed by atoms with E-state index in [1.807, 2.05) is 0 Å². The first-order valence-electron chi connectivity index (χ1n) is 4.46. The summed E-state index contributed by atoms with van der Waals surface area (Å²) >= 11 is 2.41. The fourth-order valence-electron chi connectivity index (χ4n) is 1.01. The van der Waals surface area contributed by atoms with Crippen molar-refractivity contribution in [1.82, 2.24) is 10.2 Å². The zero-order valence-corrected chi connectivity index (χ0v) is 11.1. The van der Waals surface area contributed by atoms with Crippen LogP contribution in [0.3, 0.4) is 0 Å². The standard InChI is InChI=1S/C10H17IN2/c1-9(2,3)7-6-8(13-12-7)10(4,5)11/h6H,1-5H3,(H,12,13). The van der Waals surface area contributed by atoms with Crippen molar-refractivity contribution in [2.45, 2.75) is 43.5 Å².